The SMILES string of the molecule is CC[C@H](C(=O)N[C@@H]1CC(C)(C)Oc2ccccc21)N(c1ccccc1)S(C)(=O)=O. The van der Waals surface area contributed by atoms with Crippen molar-refractivity contribution >= 4 is 21.6 Å². The lowest BCUT2D eigenvalue weighted by Gasteiger charge is -2.39. The highest BCUT2D eigenvalue weighted by Crippen LogP contribution is 2.39. The highest BCUT2D eigenvalue weighted by molar-refractivity contribution is 7.92. The number of para-hydroxylation sites is 2. The zero-order valence-electron chi connectivity index (χ0n) is 17.3. The molecule has 0 radical (unpaired) electrons. The summed E-state index contributed by atoms with van der Waals surface area (Å²) in [6, 6.07) is 15.3. The van der Waals surface area contributed by atoms with Crippen molar-refractivity contribution in [3.05, 3.63) is 60.2 Å². The minimum atomic E-state index is -3.65. The minimum Gasteiger partial charge on any atom is -0.487 e. The van der Waals surface area contributed by atoms with Gasteiger partial charge in [-0.1, -0.05) is 43.3 Å². The summed E-state index contributed by atoms with van der Waals surface area (Å²) in [7, 11) is -3.65. The van der Waals surface area contributed by atoms with Crippen LogP contribution in [0.2, 0.25) is 0 Å². The maximum Gasteiger partial charge on any atom is 0.244 e. The van der Waals surface area contributed by atoms with E-state index in [0.29, 0.717) is 18.5 Å². The summed E-state index contributed by atoms with van der Waals surface area (Å²) in [4.78, 5) is 13.3. The lowest BCUT2D eigenvalue weighted by atomic mass is 9.89. The number of nitrogens with one attached hydrogen (secondary N) is 1. The summed E-state index contributed by atoms with van der Waals surface area (Å²) >= 11 is 0. The molecule has 1 N–H and O–H groups in total. The van der Waals surface area contributed by atoms with E-state index in [2.05, 4.69) is 5.32 Å². The molecular weight excluding hydrogens is 388 g/mol. The molecule has 2 atom stereocenters. The Morgan fingerprint density at radius 1 is 1.17 bits per heavy atom. The van der Waals surface area contributed by atoms with Crippen LogP contribution in [0, 0.1) is 0 Å². The number of ether oxygens (including phenoxy) is 1. The van der Waals surface area contributed by atoms with Crippen molar-refractivity contribution in [2.45, 2.75) is 51.3 Å². The lowest BCUT2D eigenvalue weighted by Crippen LogP contribution is -2.51. The van der Waals surface area contributed by atoms with Gasteiger partial charge in [0.15, 0.2) is 0 Å². The Morgan fingerprint density at radius 3 is 2.41 bits per heavy atom. The van der Waals surface area contributed by atoms with Crippen molar-refractivity contribution in [1.82, 2.24) is 5.32 Å². The van der Waals surface area contributed by atoms with E-state index >= 15 is 0 Å². The third kappa shape index (κ3) is 4.72. The third-order valence-corrected chi connectivity index (χ3v) is 6.21. The molecule has 0 fully saturated rings. The second kappa shape index (κ2) is 8.06. The van der Waals surface area contributed by atoms with Crippen LogP contribution in [0.3, 0.4) is 0 Å². The number of fused-ring (bicyclic) bond motifs is 1. The summed E-state index contributed by atoms with van der Waals surface area (Å²) in [6.45, 7) is 5.77. The number of anilines is 1. The fourth-order valence-electron chi connectivity index (χ4n) is 3.83. The van der Waals surface area contributed by atoms with Crippen LogP contribution in [-0.2, 0) is 14.8 Å². The van der Waals surface area contributed by atoms with Crippen LogP contribution in [0.15, 0.2) is 54.6 Å². The fourth-order valence-corrected chi connectivity index (χ4v) is 5.05. The van der Waals surface area contributed by atoms with Gasteiger partial charge in [0.05, 0.1) is 18.0 Å². The Bertz CT molecular complexity index is 973. The number of rotatable bonds is 6. The van der Waals surface area contributed by atoms with Crippen molar-refractivity contribution in [2.24, 2.45) is 0 Å². The van der Waals surface area contributed by atoms with Crippen molar-refractivity contribution in [1.29, 1.82) is 0 Å². The van der Waals surface area contributed by atoms with E-state index < -0.39 is 21.7 Å². The molecule has 156 valence electrons. The van der Waals surface area contributed by atoms with Crippen LogP contribution in [0.5, 0.6) is 5.75 Å². The Labute approximate surface area is 172 Å². The van der Waals surface area contributed by atoms with E-state index in [1.165, 1.54) is 4.31 Å². The Hall–Kier alpha value is -2.54. The largest absolute Gasteiger partial charge is 0.487 e. The second-order valence-electron chi connectivity index (χ2n) is 7.98. The van der Waals surface area contributed by atoms with Gasteiger partial charge in [0.25, 0.3) is 0 Å². The summed E-state index contributed by atoms with van der Waals surface area (Å²) in [5.41, 5.74) is 0.939. The van der Waals surface area contributed by atoms with Crippen molar-refractivity contribution in [2.75, 3.05) is 10.6 Å². The molecule has 3 rings (SSSR count). The number of nitrogens with zero attached hydrogens (tertiary/aromatic N) is 1. The third-order valence-electron chi connectivity index (χ3n) is 5.03. The molecule has 0 bridgehead atoms. The van der Waals surface area contributed by atoms with E-state index in [4.69, 9.17) is 4.74 Å². The highest BCUT2D eigenvalue weighted by Gasteiger charge is 2.37. The van der Waals surface area contributed by atoms with E-state index in [1.807, 2.05) is 51.1 Å². The molecule has 0 spiro atoms. The van der Waals surface area contributed by atoms with E-state index in [-0.39, 0.29) is 11.9 Å². The first-order chi connectivity index (χ1) is 13.6. The maximum atomic E-state index is 13.3. The Balaban J connectivity index is 1.92. The number of hydrogen-bond donors (Lipinski definition) is 1. The summed E-state index contributed by atoms with van der Waals surface area (Å²) < 4.78 is 32.4. The number of amides is 1. The number of carbonyl (C=O) groups excluding carboxylic acids is 1. The molecule has 7 heteroatoms. The predicted octanol–water partition coefficient (Wildman–Crippen LogP) is 3.65. The van der Waals surface area contributed by atoms with Gasteiger partial charge in [-0.2, -0.15) is 0 Å². The van der Waals surface area contributed by atoms with Gasteiger partial charge in [0.1, 0.15) is 17.4 Å². The van der Waals surface area contributed by atoms with Gasteiger partial charge in [-0.05, 0) is 38.5 Å². The van der Waals surface area contributed by atoms with Crippen molar-refractivity contribution in [3.63, 3.8) is 0 Å². The first-order valence-corrected chi connectivity index (χ1v) is 11.6. The molecule has 0 unspecified atom stereocenters. The van der Waals surface area contributed by atoms with E-state index in [1.54, 1.807) is 24.3 Å². The van der Waals surface area contributed by atoms with Crippen molar-refractivity contribution < 1.29 is 17.9 Å². The Kier molecular flexibility index (Phi) is 5.89. The van der Waals surface area contributed by atoms with Gasteiger partial charge in [-0.3, -0.25) is 9.10 Å². The van der Waals surface area contributed by atoms with Gasteiger partial charge in [-0.25, -0.2) is 8.42 Å². The normalized spacial score (nSPS) is 18.8. The first-order valence-electron chi connectivity index (χ1n) is 9.75. The number of hydrogen-bond acceptors (Lipinski definition) is 4. The fraction of sp³-hybridized carbons (Fsp3) is 0.409. The molecule has 0 aromatic heterocycles. The molecule has 1 aliphatic heterocycles. The second-order valence-corrected chi connectivity index (χ2v) is 9.84. The molecule has 0 saturated heterocycles. The van der Waals surface area contributed by atoms with E-state index in [0.717, 1.165) is 17.6 Å². The molecule has 6 nitrogen and oxygen atoms in total. The van der Waals surface area contributed by atoms with Gasteiger partial charge in [0.2, 0.25) is 15.9 Å². The molecule has 2 aromatic carbocycles. The number of sulfonamides is 1. The molecule has 29 heavy (non-hydrogen) atoms. The quantitative estimate of drug-likeness (QED) is 0.780. The first kappa shape index (κ1) is 21.2. The van der Waals surface area contributed by atoms with Gasteiger partial charge < -0.3 is 10.1 Å². The van der Waals surface area contributed by atoms with Crippen LogP contribution < -0.4 is 14.4 Å². The highest BCUT2D eigenvalue weighted by atomic mass is 32.2. The summed E-state index contributed by atoms with van der Waals surface area (Å²) in [5.74, 6) is 0.421. The smallest absolute Gasteiger partial charge is 0.244 e. The number of benzene rings is 2. The molecule has 1 amide bonds. The van der Waals surface area contributed by atoms with Crippen LogP contribution in [0.1, 0.15) is 45.2 Å². The van der Waals surface area contributed by atoms with Gasteiger partial charge >= 0.3 is 0 Å². The summed E-state index contributed by atoms with van der Waals surface area (Å²) in [6.07, 6.45) is 2.07. The minimum absolute atomic E-state index is 0.256. The lowest BCUT2D eigenvalue weighted by molar-refractivity contribution is -0.123. The maximum absolute atomic E-state index is 13.3. The van der Waals surface area contributed by atoms with Crippen LogP contribution in [0.4, 0.5) is 5.69 Å². The topological polar surface area (TPSA) is 75.7 Å². The van der Waals surface area contributed by atoms with E-state index in [9.17, 15) is 13.2 Å². The van der Waals surface area contributed by atoms with Crippen molar-refractivity contribution in [3.8, 4) is 5.75 Å². The monoisotopic (exact) mass is 416 g/mol. The van der Waals surface area contributed by atoms with Gasteiger partial charge in [0, 0.05) is 12.0 Å². The van der Waals surface area contributed by atoms with Crippen LogP contribution in [0.25, 0.3) is 0 Å². The molecule has 1 heterocycles. The van der Waals surface area contributed by atoms with Gasteiger partial charge in [-0.15, -0.1) is 0 Å². The average molecular weight is 417 g/mol. The zero-order valence-corrected chi connectivity index (χ0v) is 18.1. The molecule has 1 aliphatic rings. The molecule has 0 aliphatic carbocycles. The summed E-state index contributed by atoms with van der Waals surface area (Å²) in [5, 5.41) is 3.08. The predicted molar refractivity (Wildman–Crippen MR) is 114 cm³/mol. The molecular formula is C22H28N2O4S. The van der Waals surface area contributed by atoms with Crippen LogP contribution in [-0.4, -0.2) is 32.2 Å². The zero-order chi connectivity index (χ0) is 21.2. The Morgan fingerprint density at radius 2 is 1.79 bits per heavy atom. The molecule has 2 aromatic rings. The average Bonchev–Trinajstić information content (AvgIpc) is 2.64. The molecule has 0 saturated carbocycles. The van der Waals surface area contributed by atoms with Crippen LogP contribution >= 0.6 is 0 Å². The number of carbonyl (C=O) groups is 1. The standard InChI is InChI=1S/C22H28N2O4S/c1-5-19(24(29(4,26)27)16-11-7-6-8-12-16)21(25)23-18-15-22(2,3)28-20-14-10-9-13-17(18)20/h6-14,18-19H,5,15H2,1-4H3,(H,23,25)/t18-,19-/m1/s1.